The smallest absolute Gasteiger partial charge is 0.259 e. The van der Waals surface area contributed by atoms with Crippen LogP contribution in [0.15, 0.2) is 53.2 Å². The minimum Gasteiger partial charge on any atom is -0.466 e. The molecule has 0 saturated carbocycles. The Morgan fingerprint density at radius 1 is 1.22 bits per heavy atom. The van der Waals surface area contributed by atoms with Crippen molar-refractivity contribution < 1.29 is 9.21 Å². The van der Waals surface area contributed by atoms with Crippen LogP contribution >= 0.6 is 11.6 Å². The van der Waals surface area contributed by atoms with Crippen LogP contribution in [0.1, 0.15) is 11.3 Å². The fraction of sp³-hybridized carbons (Fsp3) is 0.0714. The molecule has 1 aromatic heterocycles. The third-order valence-electron chi connectivity index (χ3n) is 3.03. The van der Waals surface area contributed by atoms with E-state index in [1.807, 2.05) is 30.3 Å². The van der Waals surface area contributed by atoms with Gasteiger partial charge in [-0.15, -0.1) is 0 Å². The molecule has 0 radical (unpaired) electrons. The highest BCUT2D eigenvalue weighted by Gasteiger charge is 2.41. The maximum absolute atomic E-state index is 11.8. The lowest BCUT2D eigenvalue weighted by Gasteiger charge is -2.31. The molecule has 90 valence electrons. The molecule has 2 aromatic rings. The number of halogens is 1. The Morgan fingerprint density at radius 3 is 2.78 bits per heavy atom. The summed E-state index contributed by atoms with van der Waals surface area (Å²) < 4.78 is 5.33. The molecule has 0 fully saturated rings. The quantitative estimate of drug-likeness (QED) is 0.841. The molecule has 4 heteroatoms. The first-order valence-electron chi connectivity index (χ1n) is 5.53. The van der Waals surface area contributed by atoms with Gasteiger partial charge < -0.3 is 9.73 Å². The zero-order valence-corrected chi connectivity index (χ0v) is 10.1. The molecule has 1 aliphatic heterocycles. The van der Waals surface area contributed by atoms with E-state index in [1.54, 1.807) is 18.2 Å². The summed E-state index contributed by atoms with van der Waals surface area (Å²) in [5.74, 6) is 0.480. The molecule has 0 bridgehead atoms. The summed E-state index contributed by atoms with van der Waals surface area (Å²) in [6.07, 6.45) is 5.12. The van der Waals surface area contributed by atoms with E-state index in [4.69, 9.17) is 16.0 Å². The molecular formula is C14H10ClNO2. The van der Waals surface area contributed by atoms with E-state index in [2.05, 4.69) is 5.32 Å². The lowest BCUT2D eigenvalue weighted by Crippen LogP contribution is -2.40. The van der Waals surface area contributed by atoms with E-state index < -0.39 is 10.8 Å². The number of benzene rings is 1. The van der Waals surface area contributed by atoms with E-state index in [9.17, 15) is 4.79 Å². The summed E-state index contributed by atoms with van der Waals surface area (Å²) in [4.78, 5) is 11.8. The summed E-state index contributed by atoms with van der Waals surface area (Å²) in [5, 5.41) is 2.63. The molecule has 3 rings (SSSR count). The third-order valence-corrected chi connectivity index (χ3v) is 3.32. The van der Waals surface area contributed by atoms with Gasteiger partial charge in [-0.2, -0.15) is 0 Å². The van der Waals surface area contributed by atoms with Crippen molar-refractivity contribution in [2.75, 3.05) is 5.32 Å². The Labute approximate surface area is 109 Å². The Hall–Kier alpha value is -2.00. The average molecular weight is 260 g/mol. The van der Waals surface area contributed by atoms with Gasteiger partial charge in [0.15, 0.2) is 5.54 Å². The Kier molecular flexibility index (Phi) is 2.49. The molecule has 1 aromatic carbocycles. The average Bonchev–Trinajstić information content (AvgIpc) is 2.92. The van der Waals surface area contributed by atoms with Crippen molar-refractivity contribution in [1.29, 1.82) is 0 Å². The molecule has 0 saturated heterocycles. The lowest BCUT2D eigenvalue weighted by molar-refractivity contribution is -0.114. The highest BCUT2D eigenvalue weighted by molar-refractivity contribution is 6.66. The molecule has 1 aliphatic rings. The molecular weight excluding hydrogens is 250 g/mol. The van der Waals surface area contributed by atoms with Crippen molar-refractivity contribution in [2.45, 2.75) is 5.54 Å². The van der Waals surface area contributed by atoms with Crippen LogP contribution in [-0.4, -0.2) is 5.24 Å². The topological polar surface area (TPSA) is 42.2 Å². The molecule has 1 atom stereocenters. The van der Waals surface area contributed by atoms with Gasteiger partial charge in [-0.05, 0) is 41.4 Å². The van der Waals surface area contributed by atoms with Gasteiger partial charge in [-0.1, -0.05) is 24.3 Å². The summed E-state index contributed by atoms with van der Waals surface area (Å²) in [6.45, 7) is 0. The summed E-state index contributed by atoms with van der Waals surface area (Å²) in [7, 11) is 0. The van der Waals surface area contributed by atoms with Crippen LogP contribution in [0.5, 0.6) is 0 Å². The van der Waals surface area contributed by atoms with Gasteiger partial charge >= 0.3 is 0 Å². The second-order valence-electron chi connectivity index (χ2n) is 4.10. The van der Waals surface area contributed by atoms with E-state index in [-0.39, 0.29) is 0 Å². The first-order valence-corrected chi connectivity index (χ1v) is 5.90. The van der Waals surface area contributed by atoms with Gasteiger partial charge in [0.1, 0.15) is 5.76 Å². The highest BCUT2D eigenvalue weighted by atomic mass is 35.5. The number of carbonyl (C=O) groups excluding carboxylic acids is 1. The van der Waals surface area contributed by atoms with Crippen molar-refractivity contribution in [2.24, 2.45) is 0 Å². The normalized spacial score (nSPS) is 21.2. The maximum Gasteiger partial charge on any atom is 0.259 e. The number of hydrogen-bond acceptors (Lipinski definition) is 3. The lowest BCUT2D eigenvalue weighted by atomic mass is 9.91. The van der Waals surface area contributed by atoms with Crippen molar-refractivity contribution in [3.05, 3.63) is 60.1 Å². The number of rotatable bonds is 2. The van der Waals surface area contributed by atoms with Crippen LogP contribution in [0.2, 0.25) is 0 Å². The van der Waals surface area contributed by atoms with Crippen molar-refractivity contribution >= 4 is 28.6 Å². The first-order chi connectivity index (χ1) is 8.72. The minimum atomic E-state index is -1.13. The largest absolute Gasteiger partial charge is 0.466 e. The van der Waals surface area contributed by atoms with Gasteiger partial charge in [-0.3, -0.25) is 4.79 Å². The molecule has 1 N–H and O–H groups in total. The van der Waals surface area contributed by atoms with E-state index in [0.717, 1.165) is 11.3 Å². The van der Waals surface area contributed by atoms with Crippen LogP contribution < -0.4 is 5.32 Å². The highest BCUT2D eigenvalue weighted by Crippen LogP contribution is 2.36. The standard InChI is InChI=1S/C14H10ClNO2/c15-13(17)14(12-6-3-9-18-12)8-7-10-4-1-2-5-11(10)16-14/h1-9,16H. The van der Waals surface area contributed by atoms with Crippen LogP contribution in [0.3, 0.4) is 0 Å². The molecule has 1 unspecified atom stereocenters. The van der Waals surface area contributed by atoms with E-state index in [1.165, 1.54) is 6.26 Å². The fourth-order valence-electron chi connectivity index (χ4n) is 2.08. The second kappa shape index (κ2) is 4.03. The zero-order valence-electron chi connectivity index (χ0n) is 9.39. The molecule has 2 heterocycles. The van der Waals surface area contributed by atoms with Gasteiger partial charge in [0.25, 0.3) is 5.24 Å². The first kappa shape index (κ1) is 11.1. The molecule has 0 amide bonds. The fourth-order valence-corrected chi connectivity index (χ4v) is 2.29. The number of para-hydroxylation sites is 1. The number of nitrogens with one attached hydrogen (secondary N) is 1. The molecule has 0 aliphatic carbocycles. The SMILES string of the molecule is O=C(Cl)C1(c2ccco2)C=Cc2ccccc2N1. The summed E-state index contributed by atoms with van der Waals surface area (Å²) in [6, 6.07) is 11.2. The van der Waals surface area contributed by atoms with Gasteiger partial charge in [0.05, 0.1) is 6.26 Å². The van der Waals surface area contributed by atoms with Gasteiger partial charge in [0.2, 0.25) is 0 Å². The van der Waals surface area contributed by atoms with Gasteiger partial charge in [0, 0.05) is 5.69 Å². The van der Waals surface area contributed by atoms with Crippen LogP contribution in [0.4, 0.5) is 5.69 Å². The van der Waals surface area contributed by atoms with Gasteiger partial charge in [-0.25, -0.2) is 0 Å². The van der Waals surface area contributed by atoms with Crippen molar-refractivity contribution in [3.63, 3.8) is 0 Å². The number of furan rings is 1. The van der Waals surface area contributed by atoms with Crippen molar-refractivity contribution in [1.82, 2.24) is 0 Å². The second-order valence-corrected chi connectivity index (χ2v) is 4.45. The predicted octanol–water partition coefficient (Wildman–Crippen LogP) is 3.38. The predicted molar refractivity (Wildman–Crippen MR) is 70.3 cm³/mol. The van der Waals surface area contributed by atoms with Crippen LogP contribution in [0.25, 0.3) is 6.08 Å². The van der Waals surface area contributed by atoms with Crippen LogP contribution in [0, 0.1) is 0 Å². The minimum absolute atomic E-state index is 0.480. The molecule has 3 nitrogen and oxygen atoms in total. The monoisotopic (exact) mass is 259 g/mol. The molecule has 0 spiro atoms. The number of carbonyl (C=O) groups is 1. The zero-order chi connectivity index (χ0) is 12.6. The van der Waals surface area contributed by atoms with Crippen LogP contribution in [-0.2, 0) is 10.3 Å². The number of fused-ring (bicyclic) bond motifs is 1. The number of anilines is 1. The number of hydrogen-bond donors (Lipinski definition) is 1. The Bertz CT molecular complexity index is 618. The Morgan fingerprint density at radius 2 is 2.06 bits per heavy atom. The van der Waals surface area contributed by atoms with Crippen molar-refractivity contribution in [3.8, 4) is 0 Å². The third kappa shape index (κ3) is 1.56. The summed E-state index contributed by atoms with van der Waals surface area (Å²) >= 11 is 5.76. The molecule has 18 heavy (non-hydrogen) atoms. The summed E-state index contributed by atoms with van der Waals surface area (Å²) in [5.41, 5.74) is 0.738. The van der Waals surface area contributed by atoms with E-state index in [0.29, 0.717) is 5.76 Å². The van der Waals surface area contributed by atoms with E-state index >= 15 is 0 Å². The Balaban J connectivity index is 2.14. The maximum atomic E-state index is 11.8.